The number of rotatable bonds is 2. The molecule has 1 aromatic carbocycles. The van der Waals surface area contributed by atoms with Gasteiger partial charge in [-0.05, 0) is 69.0 Å². The Kier molecular flexibility index (Phi) is 3.94. The normalized spacial score (nSPS) is 10.7. The summed E-state index contributed by atoms with van der Waals surface area (Å²) in [6.07, 6.45) is 0. The average Bonchev–Trinajstić information content (AvgIpc) is 2.62. The Balaban J connectivity index is 2.53. The first-order valence-electron chi connectivity index (χ1n) is 5.26. The van der Waals surface area contributed by atoms with Crippen LogP contribution in [0.4, 0.5) is 5.69 Å². The van der Waals surface area contributed by atoms with Crippen LogP contribution >= 0.6 is 43.2 Å². The van der Waals surface area contributed by atoms with Crippen LogP contribution in [0, 0.1) is 13.8 Å². The van der Waals surface area contributed by atoms with Crippen LogP contribution in [0.25, 0.3) is 0 Å². The molecule has 0 aliphatic heterocycles. The predicted octanol–water partition coefficient (Wildman–Crippen LogP) is 4.70. The van der Waals surface area contributed by atoms with Crippen molar-refractivity contribution in [2.75, 3.05) is 5.73 Å². The lowest BCUT2D eigenvalue weighted by molar-refractivity contribution is 0.103. The van der Waals surface area contributed by atoms with Crippen LogP contribution in [0.1, 0.15) is 27.0 Å². The number of thiophene rings is 1. The molecule has 2 N–H and O–H groups in total. The Labute approximate surface area is 126 Å². The van der Waals surface area contributed by atoms with Crippen molar-refractivity contribution in [3.8, 4) is 0 Å². The molecule has 5 heteroatoms. The van der Waals surface area contributed by atoms with Crippen LogP contribution < -0.4 is 5.73 Å². The Bertz CT molecular complexity index is 634. The van der Waals surface area contributed by atoms with Crippen molar-refractivity contribution in [1.29, 1.82) is 0 Å². The second-order valence-corrected chi connectivity index (χ2v) is 7.84. The van der Waals surface area contributed by atoms with Gasteiger partial charge in [-0.25, -0.2) is 0 Å². The van der Waals surface area contributed by atoms with Gasteiger partial charge in [-0.15, -0.1) is 11.3 Å². The second kappa shape index (κ2) is 5.15. The van der Waals surface area contributed by atoms with Gasteiger partial charge in [0.15, 0.2) is 5.78 Å². The molecule has 0 saturated heterocycles. The van der Waals surface area contributed by atoms with E-state index in [0.29, 0.717) is 16.8 Å². The number of benzene rings is 1. The maximum absolute atomic E-state index is 12.5. The number of nitrogen functional groups attached to an aromatic ring is 1. The summed E-state index contributed by atoms with van der Waals surface area (Å²) < 4.78 is 1.76. The van der Waals surface area contributed by atoms with Gasteiger partial charge in [-0.1, -0.05) is 6.07 Å². The lowest BCUT2D eigenvalue weighted by atomic mass is 9.98. The van der Waals surface area contributed by atoms with Crippen LogP contribution in [0.15, 0.2) is 25.8 Å². The van der Waals surface area contributed by atoms with Crippen molar-refractivity contribution in [2.24, 2.45) is 0 Å². The molecule has 0 amide bonds. The smallest absolute Gasteiger partial charge is 0.195 e. The van der Waals surface area contributed by atoms with E-state index in [0.717, 1.165) is 18.7 Å². The molecule has 2 rings (SSSR count). The molecule has 0 aliphatic carbocycles. The number of hydrogen-bond acceptors (Lipinski definition) is 3. The Hall–Kier alpha value is -0.650. The summed E-state index contributed by atoms with van der Waals surface area (Å²) in [4.78, 5) is 12.5. The van der Waals surface area contributed by atoms with Crippen molar-refractivity contribution in [1.82, 2.24) is 0 Å². The standard InChI is InChI=1S/C13H11Br2NOS/c1-6-3-7(2)10(16)4-8(6)12(17)9-5-11(14)18-13(9)15/h3-5H,16H2,1-2H3. The minimum Gasteiger partial charge on any atom is -0.398 e. The van der Waals surface area contributed by atoms with Gasteiger partial charge in [0.25, 0.3) is 0 Å². The third-order valence-electron chi connectivity index (χ3n) is 2.76. The first-order valence-corrected chi connectivity index (χ1v) is 7.66. The molecule has 0 saturated carbocycles. The van der Waals surface area contributed by atoms with E-state index in [4.69, 9.17) is 5.73 Å². The molecule has 0 unspecified atom stereocenters. The highest BCUT2D eigenvalue weighted by Crippen LogP contribution is 2.34. The summed E-state index contributed by atoms with van der Waals surface area (Å²) in [6.45, 7) is 3.86. The van der Waals surface area contributed by atoms with Crippen LogP contribution in [0.3, 0.4) is 0 Å². The van der Waals surface area contributed by atoms with Gasteiger partial charge < -0.3 is 5.73 Å². The molecule has 94 valence electrons. The van der Waals surface area contributed by atoms with Crippen molar-refractivity contribution in [2.45, 2.75) is 13.8 Å². The summed E-state index contributed by atoms with van der Waals surface area (Å²) in [5.74, 6) is -0.00646. The maximum Gasteiger partial charge on any atom is 0.195 e. The number of halogens is 2. The molecule has 1 heterocycles. The summed E-state index contributed by atoms with van der Waals surface area (Å²) in [5, 5.41) is 0. The van der Waals surface area contributed by atoms with Crippen LogP contribution in [-0.2, 0) is 0 Å². The summed E-state index contributed by atoms with van der Waals surface area (Å²) in [6, 6.07) is 5.52. The van der Waals surface area contributed by atoms with E-state index in [1.54, 1.807) is 6.07 Å². The van der Waals surface area contributed by atoms with Gasteiger partial charge in [-0.2, -0.15) is 0 Å². The predicted molar refractivity (Wildman–Crippen MR) is 83.5 cm³/mol. The molecule has 2 nitrogen and oxygen atoms in total. The molecule has 0 aliphatic rings. The zero-order chi connectivity index (χ0) is 13.4. The van der Waals surface area contributed by atoms with Gasteiger partial charge >= 0.3 is 0 Å². The average molecular weight is 389 g/mol. The molecule has 1 aromatic heterocycles. The van der Waals surface area contributed by atoms with Crippen LogP contribution in [0.5, 0.6) is 0 Å². The first-order chi connectivity index (χ1) is 8.40. The van der Waals surface area contributed by atoms with Gasteiger partial charge in [0.1, 0.15) is 0 Å². The minimum atomic E-state index is -0.00646. The highest BCUT2D eigenvalue weighted by molar-refractivity contribution is 9.12. The fourth-order valence-electron chi connectivity index (χ4n) is 1.75. The number of anilines is 1. The van der Waals surface area contributed by atoms with E-state index in [2.05, 4.69) is 31.9 Å². The molecular formula is C13H11Br2NOS. The topological polar surface area (TPSA) is 43.1 Å². The van der Waals surface area contributed by atoms with Gasteiger partial charge in [-0.3, -0.25) is 4.79 Å². The zero-order valence-electron chi connectivity index (χ0n) is 9.88. The molecule has 0 radical (unpaired) electrons. The Morgan fingerprint density at radius 3 is 2.33 bits per heavy atom. The minimum absolute atomic E-state index is 0.00646. The van der Waals surface area contributed by atoms with Gasteiger partial charge in [0, 0.05) is 16.8 Å². The monoisotopic (exact) mass is 387 g/mol. The molecular weight excluding hydrogens is 378 g/mol. The van der Waals surface area contributed by atoms with E-state index in [9.17, 15) is 4.79 Å². The Morgan fingerprint density at radius 1 is 1.11 bits per heavy atom. The number of hydrogen-bond donors (Lipinski definition) is 1. The number of carbonyl (C=O) groups is 1. The van der Waals surface area contributed by atoms with E-state index in [1.807, 2.05) is 26.0 Å². The lowest BCUT2D eigenvalue weighted by Crippen LogP contribution is -2.05. The van der Waals surface area contributed by atoms with Crippen molar-refractivity contribution < 1.29 is 4.79 Å². The van der Waals surface area contributed by atoms with Crippen LogP contribution in [-0.4, -0.2) is 5.78 Å². The maximum atomic E-state index is 12.5. The fourth-order valence-corrected chi connectivity index (χ4v) is 4.55. The van der Waals surface area contributed by atoms with Crippen molar-refractivity contribution >= 4 is 54.7 Å². The van der Waals surface area contributed by atoms with Crippen LogP contribution in [0.2, 0.25) is 0 Å². The molecule has 2 aromatic rings. The van der Waals surface area contributed by atoms with Gasteiger partial charge in [0.2, 0.25) is 0 Å². The van der Waals surface area contributed by atoms with Gasteiger partial charge in [0.05, 0.1) is 7.57 Å². The van der Waals surface area contributed by atoms with E-state index in [1.165, 1.54) is 11.3 Å². The third-order valence-corrected chi connectivity index (χ3v) is 5.10. The van der Waals surface area contributed by atoms with Crippen molar-refractivity contribution in [3.05, 3.63) is 48.0 Å². The first kappa shape index (κ1) is 13.8. The highest BCUT2D eigenvalue weighted by atomic mass is 79.9. The number of ketones is 1. The highest BCUT2D eigenvalue weighted by Gasteiger charge is 2.18. The fraction of sp³-hybridized carbons (Fsp3) is 0.154. The molecule has 0 bridgehead atoms. The SMILES string of the molecule is Cc1cc(C)c(C(=O)c2cc(Br)sc2Br)cc1N. The summed E-state index contributed by atoms with van der Waals surface area (Å²) in [5.41, 5.74) is 9.79. The summed E-state index contributed by atoms with van der Waals surface area (Å²) in [7, 11) is 0. The van der Waals surface area contributed by atoms with E-state index < -0.39 is 0 Å². The zero-order valence-corrected chi connectivity index (χ0v) is 13.9. The molecule has 18 heavy (non-hydrogen) atoms. The number of carbonyl (C=O) groups excluding carboxylic acids is 1. The van der Waals surface area contributed by atoms with E-state index >= 15 is 0 Å². The number of aryl methyl sites for hydroxylation is 2. The summed E-state index contributed by atoms with van der Waals surface area (Å²) >= 11 is 8.28. The Morgan fingerprint density at radius 2 is 1.78 bits per heavy atom. The molecule has 0 atom stereocenters. The second-order valence-electron chi connectivity index (χ2n) is 4.09. The number of nitrogens with two attached hydrogens (primary N) is 1. The third kappa shape index (κ3) is 2.53. The van der Waals surface area contributed by atoms with Crippen molar-refractivity contribution in [3.63, 3.8) is 0 Å². The lowest BCUT2D eigenvalue weighted by Gasteiger charge is -2.08. The quantitative estimate of drug-likeness (QED) is 0.598. The molecule has 0 fully saturated rings. The van der Waals surface area contributed by atoms with E-state index in [-0.39, 0.29) is 5.78 Å². The largest absolute Gasteiger partial charge is 0.398 e. The molecule has 0 spiro atoms.